The van der Waals surface area contributed by atoms with E-state index in [1.54, 1.807) is 25.4 Å². The van der Waals surface area contributed by atoms with Crippen molar-refractivity contribution in [3.63, 3.8) is 0 Å². The van der Waals surface area contributed by atoms with Crippen LogP contribution in [0.3, 0.4) is 0 Å². The van der Waals surface area contributed by atoms with Gasteiger partial charge >= 0.3 is 0 Å². The summed E-state index contributed by atoms with van der Waals surface area (Å²) in [5, 5.41) is 4.09. The molecule has 0 saturated carbocycles. The molecule has 1 unspecified atom stereocenters. The van der Waals surface area contributed by atoms with Gasteiger partial charge in [-0.3, -0.25) is 9.48 Å². The average Bonchev–Trinajstić information content (AvgIpc) is 3.35. The number of hydrogen-bond donors (Lipinski definition) is 0. The van der Waals surface area contributed by atoms with Gasteiger partial charge in [-0.05, 0) is 28.7 Å². The van der Waals surface area contributed by atoms with Crippen LogP contribution in [0.2, 0.25) is 0 Å². The molecule has 0 aliphatic carbocycles. The van der Waals surface area contributed by atoms with Crippen LogP contribution in [0, 0.1) is 11.8 Å². The van der Waals surface area contributed by atoms with Crippen LogP contribution in [-0.2, 0) is 21.9 Å². The number of sulfonamides is 1. The SMILES string of the molecule is C=C/C=C(\C=C)C(C(=O)N1CC2=C(C1)CN(S(=O)(=O)c1ccn(C)n1)C2)C(C)C. The van der Waals surface area contributed by atoms with Crippen molar-refractivity contribution in [2.45, 2.75) is 18.9 Å². The lowest BCUT2D eigenvalue weighted by molar-refractivity contribution is -0.134. The lowest BCUT2D eigenvalue weighted by Crippen LogP contribution is -2.40. The fourth-order valence-electron chi connectivity index (χ4n) is 3.98. The maximum Gasteiger partial charge on any atom is 0.262 e. The first-order valence-corrected chi connectivity index (χ1v) is 11.1. The Morgan fingerprint density at radius 1 is 1.17 bits per heavy atom. The molecule has 0 spiro atoms. The highest BCUT2D eigenvalue weighted by Gasteiger charge is 2.40. The molecule has 2 aliphatic rings. The Kier molecular flexibility index (Phi) is 5.95. The van der Waals surface area contributed by atoms with Crippen LogP contribution in [0.5, 0.6) is 0 Å². The molecule has 1 amide bonds. The van der Waals surface area contributed by atoms with Gasteiger partial charge in [0.15, 0.2) is 5.03 Å². The molecule has 8 heteroatoms. The smallest absolute Gasteiger partial charge is 0.262 e. The summed E-state index contributed by atoms with van der Waals surface area (Å²) in [5.74, 6) is -0.136. The molecule has 3 heterocycles. The molecule has 156 valence electrons. The molecule has 0 radical (unpaired) electrons. The minimum atomic E-state index is -3.63. The second kappa shape index (κ2) is 8.12. The fraction of sp³-hybridized carbons (Fsp3) is 0.429. The number of carbonyl (C=O) groups is 1. The van der Waals surface area contributed by atoms with E-state index >= 15 is 0 Å². The van der Waals surface area contributed by atoms with Crippen LogP contribution < -0.4 is 0 Å². The molecular weight excluding hydrogens is 388 g/mol. The third-order valence-electron chi connectivity index (χ3n) is 5.44. The summed E-state index contributed by atoms with van der Waals surface area (Å²) in [6.07, 6.45) is 6.82. The molecule has 3 rings (SSSR count). The van der Waals surface area contributed by atoms with Gasteiger partial charge in [0.25, 0.3) is 10.0 Å². The van der Waals surface area contributed by atoms with Crippen LogP contribution in [0.25, 0.3) is 0 Å². The summed E-state index contributed by atoms with van der Waals surface area (Å²) in [6.45, 7) is 13.1. The molecule has 1 aromatic rings. The number of amides is 1. The first-order chi connectivity index (χ1) is 13.7. The van der Waals surface area contributed by atoms with E-state index in [2.05, 4.69) is 18.3 Å². The maximum absolute atomic E-state index is 13.2. The van der Waals surface area contributed by atoms with Crippen molar-refractivity contribution in [1.82, 2.24) is 19.0 Å². The predicted molar refractivity (Wildman–Crippen MR) is 112 cm³/mol. The van der Waals surface area contributed by atoms with Gasteiger partial charge in [-0.1, -0.05) is 45.2 Å². The normalized spacial score (nSPS) is 19.0. The highest BCUT2D eigenvalue weighted by Crippen LogP contribution is 2.32. The molecular formula is C21H28N4O3S. The molecule has 1 aromatic heterocycles. The standard InChI is InChI=1S/C21H28N4O3S/c1-6-8-16(7-2)20(15(3)4)21(26)24-11-17-13-25(14-18(17)12-24)29(27,28)19-9-10-23(5)22-19/h6-10,15,20H,1-2,11-14H2,3-5H3/b16-8+. The zero-order valence-electron chi connectivity index (χ0n) is 17.2. The summed E-state index contributed by atoms with van der Waals surface area (Å²) in [4.78, 5) is 15.0. The zero-order valence-corrected chi connectivity index (χ0v) is 18.0. The van der Waals surface area contributed by atoms with Crippen molar-refractivity contribution in [1.29, 1.82) is 0 Å². The van der Waals surface area contributed by atoms with Crippen molar-refractivity contribution < 1.29 is 13.2 Å². The summed E-state index contributed by atoms with van der Waals surface area (Å²) in [6, 6.07) is 1.50. The van der Waals surface area contributed by atoms with Gasteiger partial charge in [-0.25, -0.2) is 8.42 Å². The van der Waals surface area contributed by atoms with Gasteiger partial charge < -0.3 is 4.90 Å². The van der Waals surface area contributed by atoms with E-state index < -0.39 is 10.0 Å². The summed E-state index contributed by atoms with van der Waals surface area (Å²) >= 11 is 0. The van der Waals surface area contributed by atoms with Gasteiger partial charge in [0.2, 0.25) is 5.91 Å². The average molecular weight is 417 g/mol. The van der Waals surface area contributed by atoms with E-state index in [4.69, 9.17) is 0 Å². The third kappa shape index (κ3) is 4.00. The molecule has 0 aromatic carbocycles. The molecule has 7 nitrogen and oxygen atoms in total. The van der Waals surface area contributed by atoms with Crippen LogP contribution in [0.1, 0.15) is 13.8 Å². The number of rotatable bonds is 7. The number of carbonyl (C=O) groups excluding carboxylic acids is 1. The monoisotopic (exact) mass is 416 g/mol. The number of aromatic nitrogens is 2. The van der Waals surface area contributed by atoms with E-state index in [9.17, 15) is 13.2 Å². The van der Waals surface area contributed by atoms with Crippen LogP contribution >= 0.6 is 0 Å². The number of nitrogens with zero attached hydrogens (tertiary/aromatic N) is 4. The van der Waals surface area contributed by atoms with E-state index in [1.807, 2.05) is 24.8 Å². The van der Waals surface area contributed by atoms with Crippen LogP contribution in [0.4, 0.5) is 0 Å². The second-order valence-electron chi connectivity index (χ2n) is 7.83. The molecule has 2 aliphatic heterocycles. The Morgan fingerprint density at radius 2 is 1.79 bits per heavy atom. The minimum absolute atomic E-state index is 0.0431. The quantitative estimate of drug-likeness (QED) is 0.504. The second-order valence-corrected chi connectivity index (χ2v) is 9.72. The third-order valence-corrected chi connectivity index (χ3v) is 7.13. The molecule has 0 saturated heterocycles. The van der Waals surface area contributed by atoms with E-state index in [0.717, 1.165) is 16.7 Å². The zero-order chi connectivity index (χ0) is 21.3. The fourth-order valence-corrected chi connectivity index (χ4v) is 5.36. The van der Waals surface area contributed by atoms with E-state index in [1.165, 1.54) is 15.1 Å². The Hall–Kier alpha value is -2.45. The molecule has 0 N–H and O–H groups in total. The Labute approximate surface area is 172 Å². The van der Waals surface area contributed by atoms with Gasteiger partial charge in [0.05, 0.1) is 5.92 Å². The topological polar surface area (TPSA) is 75.5 Å². The highest BCUT2D eigenvalue weighted by molar-refractivity contribution is 7.89. The largest absolute Gasteiger partial charge is 0.334 e. The van der Waals surface area contributed by atoms with Gasteiger partial charge in [-0.2, -0.15) is 9.40 Å². The Morgan fingerprint density at radius 3 is 2.24 bits per heavy atom. The lowest BCUT2D eigenvalue weighted by Gasteiger charge is -2.28. The van der Waals surface area contributed by atoms with Gasteiger partial charge in [-0.15, -0.1) is 0 Å². The first-order valence-electron chi connectivity index (χ1n) is 9.62. The van der Waals surface area contributed by atoms with Gasteiger partial charge in [0, 0.05) is 39.4 Å². The van der Waals surface area contributed by atoms with Crippen molar-refractivity contribution in [2.75, 3.05) is 26.2 Å². The summed E-state index contributed by atoms with van der Waals surface area (Å²) < 4.78 is 28.5. The Bertz CT molecular complexity index is 983. The number of allylic oxidation sites excluding steroid dienone is 3. The maximum atomic E-state index is 13.2. The van der Waals surface area contributed by atoms with Crippen molar-refractivity contribution >= 4 is 15.9 Å². The number of aryl methyl sites for hydroxylation is 1. The molecule has 29 heavy (non-hydrogen) atoms. The van der Waals surface area contributed by atoms with Crippen LogP contribution in [0.15, 0.2) is 65.4 Å². The summed E-state index contributed by atoms with van der Waals surface area (Å²) in [5.41, 5.74) is 2.87. The van der Waals surface area contributed by atoms with Crippen molar-refractivity contribution in [2.24, 2.45) is 18.9 Å². The predicted octanol–water partition coefficient (Wildman–Crippen LogP) is 2.13. The van der Waals surface area contributed by atoms with Crippen LogP contribution in [-0.4, -0.2) is 59.5 Å². The van der Waals surface area contributed by atoms with E-state index in [-0.39, 0.29) is 22.8 Å². The highest BCUT2D eigenvalue weighted by atomic mass is 32.2. The first kappa shape index (κ1) is 21.3. The summed E-state index contributed by atoms with van der Waals surface area (Å²) in [7, 11) is -1.94. The Balaban J connectivity index is 1.71. The van der Waals surface area contributed by atoms with E-state index in [0.29, 0.717) is 26.2 Å². The lowest BCUT2D eigenvalue weighted by atomic mass is 9.86. The minimum Gasteiger partial charge on any atom is -0.334 e. The molecule has 1 atom stereocenters. The van der Waals surface area contributed by atoms with Crippen molar-refractivity contribution in [3.05, 3.63) is 60.4 Å². The van der Waals surface area contributed by atoms with Gasteiger partial charge in [0.1, 0.15) is 0 Å². The number of hydrogen-bond acceptors (Lipinski definition) is 4. The molecule has 0 bridgehead atoms. The molecule has 0 fully saturated rings. The van der Waals surface area contributed by atoms with Crippen molar-refractivity contribution in [3.8, 4) is 0 Å².